The second-order valence-corrected chi connectivity index (χ2v) is 8.23. The quantitative estimate of drug-likeness (QED) is 0.443. The Hall–Kier alpha value is -2.94. The number of thioether (sulfide) groups is 1. The molecule has 0 saturated heterocycles. The number of nitrogens with one attached hydrogen (secondary N) is 2. The van der Waals surface area contributed by atoms with Gasteiger partial charge in [0.1, 0.15) is 5.52 Å². The standard InChI is InChI=1S/C21H24N4O4S/c1-4-13(3)25-20(27)19-15(7-12(2)23-19)24-21(25)30-10-18(26)22-9-14-5-6-16-17(8-14)29-11-28-16/h5-8,13,23H,4,9-11H2,1-3H3,(H,22,26)/t13-/m0/s1. The van der Waals surface area contributed by atoms with Crippen molar-refractivity contribution in [1.29, 1.82) is 0 Å². The third-order valence-corrected chi connectivity index (χ3v) is 6.03. The van der Waals surface area contributed by atoms with Gasteiger partial charge >= 0.3 is 0 Å². The fraction of sp³-hybridized carbons (Fsp3) is 0.381. The van der Waals surface area contributed by atoms with Crippen LogP contribution in [0, 0.1) is 6.92 Å². The fourth-order valence-corrected chi connectivity index (χ4v) is 4.22. The molecule has 1 amide bonds. The average molecular weight is 429 g/mol. The minimum Gasteiger partial charge on any atom is -0.454 e. The largest absolute Gasteiger partial charge is 0.454 e. The molecule has 1 aliphatic rings. The fourth-order valence-electron chi connectivity index (χ4n) is 3.30. The number of fused-ring (bicyclic) bond motifs is 2. The van der Waals surface area contributed by atoms with Gasteiger partial charge in [-0.05, 0) is 44.0 Å². The van der Waals surface area contributed by atoms with Gasteiger partial charge in [-0.3, -0.25) is 14.2 Å². The first-order valence-electron chi connectivity index (χ1n) is 9.86. The van der Waals surface area contributed by atoms with E-state index in [0.717, 1.165) is 17.7 Å². The summed E-state index contributed by atoms with van der Waals surface area (Å²) in [5.74, 6) is 1.44. The smallest absolute Gasteiger partial charge is 0.278 e. The van der Waals surface area contributed by atoms with Gasteiger partial charge in [-0.15, -0.1) is 0 Å². The number of benzene rings is 1. The average Bonchev–Trinajstić information content (AvgIpc) is 3.35. The number of H-pyrrole nitrogens is 1. The molecule has 2 N–H and O–H groups in total. The Morgan fingerprint density at radius 1 is 1.33 bits per heavy atom. The maximum absolute atomic E-state index is 13.0. The molecule has 3 heterocycles. The Labute approximate surface area is 178 Å². The lowest BCUT2D eigenvalue weighted by Crippen LogP contribution is -2.28. The van der Waals surface area contributed by atoms with Crippen LogP contribution in [0.5, 0.6) is 11.5 Å². The highest BCUT2D eigenvalue weighted by atomic mass is 32.2. The zero-order valence-corrected chi connectivity index (χ0v) is 18.0. The molecule has 0 fully saturated rings. The minimum atomic E-state index is -0.132. The molecular weight excluding hydrogens is 404 g/mol. The highest BCUT2D eigenvalue weighted by Gasteiger charge is 2.18. The lowest BCUT2D eigenvalue weighted by atomic mass is 10.2. The number of aromatic nitrogens is 3. The van der Waals surface area contributed by atoms with Crippen molar-refractivity contribution in [3.63, 3.8) is 0 Å². The summed E-state index contributed by atoms with van der Waals surface area (Å²) in [6.07, 6.45) is 0.788. The van der Waals surface area contributed by atoms with Crippen molar-refractivity contribution < 1.29 is 14.3 Å². The molecule has 0 saturated carbocycles. The van der Waals surface area contributed by atoms with Crippen LogP contribution in [0.1, 0.15) is 37.6 Å². The number of hydrogen-bond acceptors (Lipinski definition) is 6. The first-order chi connectivity index (χ1) is 14.5. The molecule has 9 heteroatoms. The van der Waals surface area contributed by atoms with E-state index in [1.165, 1.54) is 11.8 Å². The lowest BCUT2D eigenvalue weighted by molar-refractivity contribution is -0.118. The van der Waals surface area contributed by atoms with E-state index in [1.54, 1.807) is 4.57 Å². The normalized spacial score (nSPS) is 13.6. The number of nitrogens with zero attached hydrogens (tertiary/aromatic N) is 2. The molecule has 0 unspecified atom stereocenters. The highest BCUT2D eigenvalue weighted by Crippen LogP contribution is 2.32. The van der Waals surface area contributed by atoms with E-state index in [4.69, 9.17) is 9.47 Å². The summed E-state index contributed by atoms with van der Waals surface area (Å²) in [4.78, 5) is 33.1. The Balaban J connectivity index is 1.46. The van der Waals surface area contributed by atoms with E-state index in [-0.39, 0.29) is 30.1 Å². The topological polar surface area (TPSA) is 98.2 Å². The number of rotatable bonds is 7. The summed E-state index contributed by atoms with van der Waals surface area (Å²) in [6, 6.07) is 7.42. The van der Waals surface area contributed by atoms with Crippen LogP contribution in [-0.2, 0) is 11.3 Å². The molecule has 3 aromatic rings. The van der Waals surface area contributed by atoms with E-state index in [1.807, 2.05) is 45.0 Å². The number of carbonyl (C=O) groups is 1. The summed E-state index contributed by atoms with van der Waals surface area (Å²) in [5.41, 5.74) is 2.83. The van der Waals surface area contributed by atoms with Crippen LogP contribution in [0.2, 0.25) is 0 Å². The first-order valence-corrected chi connectivity index (χ1v) is 10.8. The molecule has 1 aromatic carbocycles. The predicted molar refractivity (Wildman–Crippen MR) is 115 cm³/mol. The summed E-state index contributed by atoms with van der Waals surface area (Å²) in [6.45, 7) is 6.50. The van der Waals surface area contributed by atoms with Gasteiger partial charge in [0, 0.05) is 18.3 Å². The Morgan fingerprint density at radius 2 is 2.13 bits per heavy atom. The summed E-state index contributed by atoms with van der Waals surface area (Å²) >= 11 is 1.27. The number of carbonyl (C=O) groups excluding carboxylic acids is 1. The van der Waals surface area contributed by atoms with E-state index < -0.39 is 0 Å². The molecule has 1 aliphatic heterocycles. The van der Waals surface area contributed by atoms with Crippen LogP contribution in [0.15, 0.2) is 34.2 Å². The van der Waals surface area contributed by atoms with Crippen molar-refractivity contribution in [2.45, 2.75) is 44.9 Å². The van der Waals surface area contributed by atoms with E-state index >= 15 is 0 Å². The van der Waals surface area contributed by atoms with Crippen LogP contribution in [0.3, 0.4) is 0 Å². The third-order valence-electron chi connectivity index (χ3n) is 5.08. The monoisotopic (exact) mass is 428 g/mol. The van der Waals surface area contributed by atoms with E-state index in [9.17, 15) is 9.59 Å². The molecule has 4 rings (SSSR count). The van der Waals surface area contributed by atoms with Gasteiger partial charge in [-0.1, -0.05) is 24.8 Å². The van der Waals surface area contributed by atoms with Crippen LogP contribution in [0.25, 0.3) is 11.0 Å². The molecule has 0 aliphatic carbocycles. The number of aryl methyl sites for hydroxylation is 1. The number of amides is 1. The van der Waals surface area contributed by atoms with Crippen LogP contribution >= 0.6 is 11.8 Å². The van der Waals surface area contributed by atoms with Crippen molar-refractivity contribution in [3.05, 3.63) is 45.9 Å². The van der Waals surface area contributed by atoms with Gasteiger partial charge in [-0.2, -0.15) is 0 Å². The molecule has 0 spiro atoms. The second-order valence-electron chi connectivity index (χ2n) is 7.29. The van der Waals surface area contributed by atoms with E-state index in [0.29, 0.717) is 34.2 Å². The van der Waals surface area contributed by atoms with Crippen molar-refractivity contribution in [3.8, 4) is 11.5 Å². The van der Waals surface area contributed by atoms with Crippen molar-refractivity contribution in [2.24, 2.45) is 0 Å². The summed E-state index contributed by atoms with van der Waals surface area (Å²) in [7, 11) is 0. The maximum Gasteiger partial charge on any atom is 0.278 e. The Kier molecular flexibility index (Phi) is 5.72. The van der Waals surface area contributed by atoms with Gasteiger partial charge in [0.25, 0.3) is 5.56 Å². The van der Waals surface area contributed by atoms with Gasteiger partial charge in [0.05, 0.1) is 11.3 Å². The zero-order valence-electron chi connectivity index (χ0n) is 17.2. The number of ether oxygens (including phenoxy) is 2. The zero-order chi connectivity index (χ0) is 21.3. The van der Waals surface area contributed by atoms with Crippen molar-refractivity contribution >= 4 is 28.7 Å². The number of hydrogen-bond donors (Lipinski definition) is 2. The van der Waals surface area contributed by atoms with Crippen molar-refractivity contribution in [1.82, 2.24) is 19.9 Å². The second kappa shape index (κ2) is 8.43. The predicted octanol–water partition coefficient (Wildman–Crippen LogP) is 3.14. The van der Waals surface area contributed by atoms with Crippen LogP contribution < -0.4 is 20.3 Å². The molecule has 2 aromatic heterocycles. The number of aromatic amines is 1. The Bertz CT molecular complexity index is 1150. The third kappa shape index (κ3) is 4.02. The van der Waals surface area contributed by atoms with Gasteiger partial charge in [0.2, 0.25) is 12.7 Å². The minimum absolute atomic E-state index is 0.0165. The SMILES string of the molecule is CC[C@H](C)n1c(SCC(=O)NCc2ccc3c(c2)OCO3)nc2cc(C)[nH]c2c1=O. The lowest BCUT2D eigenvalue weighted by Gasteiger charge is -2.17. The van der Waals surface area contributed by atoms with Crippen LogP contribution in [-0.4, -0.2) is 33.0 Å². The Morgan fingerprint density at radius 3 is 2.93 bits per heavy atom. The molecule has 158 valence electrons. The van der Waals surface area contributed by atoms with Gasteiger partial charge in [0.15, 0.2) is 16.7 Å². The highest BCUT2D eigenvalue weighted by molar-refractivity contribution is 7.99. The first kappa shape index (κ1) is 20.3. The molecule has 1 atom stereocenters. The summed E-state index contributed by atoms with van der Waals surface area (Å²) < 4.78 is 12.3. The molecule has 30 heavy (non-hydrogen) atoms. The van der Waals surface area contributed by atoms with Crippen LogP contribution in [0.4, 0.5) is 0 Å². The molecule has 8 nitrogen and oxygen atoms in total. The van der Waals surface area contributed by atoms with Crippen molar-refractivity contribution in [2.75, 3.05) is 12.5 Å². The molecule has 0 radical (unpaired) electrons. The maximum atomic E-state index is 13.0. The van der Waals surface area contributed by atoms with Gasteiger partial charge < -0.3 is 19.8 Å². The molecular formula is C21H24N4O4S. The van der Waals surface area contributed by atoms with Gasteiger partial charge in [-0.25, -0.2) is 4.98 Å². The summed E-state index contributed by atoms with van der Waals surface area (Å²) in [5, 5.41) is 3.46. The molecule has 0 bridgehead atoms. The van der Waals surface area contributed by atoms with E-state index in [2.05, 4.69) is 15.3 Å².